The standard InChI is InChI=1S/C22H26N2O6/c1-22(2,3)30-21(27)24-18(19(25)28-4)16-10-12-17(13-11-16)23-20(26)29-14-15-8-6-5-7-9-15/h5-13,18H,14H2,1-4H3,(H,23,26)(H,24,27)/t18-/m0/s1. The third-order valence-corrected chi connectivity index (χ3v) is 3.80. The van der Waals surface area contributed by atoms with Crippen LogP contribution in [0.4, 0.5) is 15.3 Å². The zero-order valence-electron chi connectivity index (χ0n) is 17.4. The van der Waals surface area contributed by atoms with E-state index >= 15 is 0 Å². The molecule has 2 rings (SSSR count). The molecule has 2 aromatic rings. The predicted octanol–water partition coefficient (Wildman–Crippen LogP) is 4.17. The quantitative estimate of drug-likeness (QED) is 0.543. The van der Waals surface area contributed by atoms with Crippen LogP contribution in [0, 0.1) is 0 Å². The van der Waals surface area contributed by atoms with Gasteiger partial charge < -0.3 is 19.5 Å². The maximum absolute atomic E-state index is 12.1. The van der Waals surface area contributed by atoms with Crippen molar-refractivity contribution in [3.63, 3.8) is 0 Å². The molecule has 0 saturated carbocycles. The third-order valence-electron chi connectivity index (χ3n) is 3.80. The SMILES string of the molecule is COC(=O)[C@@H](NC(=O)OC(C)(C)C)c1ccc(NC(=O)OCc2ccccc2)cc1. The summed E-state index contributed by atoms with van der Waals surface area (Å²) in [6, 6.07) is 14.6. The van der Waals surface area contributed by atoms with Gasteiger partial charge in [-0.25, -0.2) is 14.4 Å². The summed E-state index contributed by atoms with van der Waals surface area (Å²) in [6.45, 7) is 5.31. The van der Waals surface area contributed by atoms with Gasteiger partial charge >= 0.3 is 18.2 Å². The first-order valence-corrected chi connectivity index (χ1v) is 9.33. The van der Waals surface area contributed by atoms with Crippen LogP contribution < -0.4 is 10.6 Å². The minimum absolute atomic E-state index is 0.148. The van der Waals surface area contributed by atoms with Crippen LogP contribution in [0.1, 0.15) is 37.9 Å². The maximum Gasteiger partial charge on any atom is 0.411 e. The molecule has 2 aromatic carbocycles. The Hall–Kier alpha value is -3.55. The van der Waals surface area contributed by atoms with E-state index in [1.54, 1.807) is 45.0 Å². The Morgan fingerprint density at radius 1 is 0.933 bits per heavy atom. The lowest BCUT2D eigenvalue weighted by molar-refractivity contribution is -0.143. The number of rotatable bonds is 6. The molecule has 8 nitrogen and oxygen atoms in total. The molecule has 0 saturated heterocycles. The van der Waals surface area contributed by atoms with Gasteiger partial charge in [0.2, 0.25) is 0 Å². The number of alkyl carbamates (subject to hydrolysis) is 1. The van der Waals surface area contributed by atoms with E-state index in [2.05, 4.69) is 10.6 Å². The molecule has 0 unspecified atom stereocenters. The topological polar surface area (TPSA) is 103 Å². The Morgan fingerprint density at radius 2 is 1.57 bits per heavy atom. The maximum atomic E-state index is 12.1. The highest BCUT2D eigenvalue weighted by atomic mass is 16.6. The summed E-state index contributed by atoms with van der Waals surface area (Å²) >= 11 is 0. The lowest BCUT2D eigenvalue weighted by Gasteiger charge is -2.22. The molecule has 0 bridgehead atoms. The minimum atomic E-state index is -1.05. The van der Waals surface area contributed by atoms with Crippen LogP contribution in [0.5, 0.6) is 0 Å². The number of anilines is 1. The molecule has 0 aliphatic heterocycles. The zero-order valence-corrected chi connectivity index (χ0v) is 17.4. The summed E-state index contributed by atoms with van der Waals surface area (Å²) in [5, 5.41) is 5.10. The molecule has 160 valence electrons. The average Bonchev–Trinajstić information content (AvgIpc) is 2.70. The second-order valence-corrected chi connectivity index (χ2v) is 7.41. The van der Waals surface area contributed by atoms with Crippen LogP contribution >= 0.6 is 0 Å². The van der Waals surface area contributed by atoms with Crippen molar-refractivity contribution in [2.75, 3.05) is 12.4 Å². The molecular weight excluding hydrogens is 388 g/mol. The monoisotopic (exact) mass is 414 g/mol. The van der Waals surface area contributed by atoms with Crippen molar-refractivity contribution in [2.24, 2.45) is 0 Å². The highest BCUT2D eigenvalue weighted by molar-refractivity contribution is 5.85. The van der Waals surface area contributed by atoms with Crippen LogP contribution in [-0.2, 0) is 25.6 Å². The van der Waals surface area contributed by atoms with Gasteiger partial charge in [0, 0.05) is 5.69 Å². The van der Waals surface area contributed by atoms with Crippen LogP contribution in [0.2, 0.25) is 0 Å². The van der Waals surface area contributed by atoms with E-state index in [1.807, 2.05) is 30.3 Å². The van der Waals surface area contributed by atoms with E-state index < -0.39 is 29.8 Å². The highest BCUT2D eigenvalue weighted by Crippen LogP contribution is 2.19. The van der Waals surface area contributed by atoms with Crippen molar-refractivity contribution in [3.8, 4) is 0 Å². The lowest BCUT2D eigenvalue weighted by Crippen LogP contribution is -2.38. The van der Waals surface area contributed by atoms with E-state index in [0.29, 0.717) is 11.3 Å². The van der Waals surface area contributed by atoms with Gasteiger partial charge in [-0.3, -0.25) is 5.32 Å². The fourth-order valence-electron chi connectivity index (χ4n) is 2.46. The van der Waals surface area contributed by atoms with Gasteiger partial charge in [-0.2, -0.15) is 0 Å². The molecule has 0 aromatic heterocycles. The molecule has 0 heterocycles. The fourth-order valence-corrected chi connectivity index (χ4v) is 2.46. The molecule has 0 aliphatic rings. The van der Waals surface area contributed by atoms with Crippen molar-refractivity contribution in [3.05, 3.63) is 65.7 Å². The van der Waals surface area contributed by atoms with E-state index in [1.165, 1.54) is 7.11 Å². The fraction of sp³-hybridized carbons (Fsp3) is 0.318. The molecule has 2 N–H and O–H groups in total. The van der Waals surface area contributed by atoms with Crippen molar-refractivity contribution >= 4 is 23.8 Å². The number of benzene rings is 2. The van der Waals surface area contributed by atoms with Crippen molar-refractivity contribution in [2.45, 2.75) is 39.0 Å². The number of ether oxygens (including phenoxy) is 3. The first-order chi connectivity index (χ1) is 14.2. The molecule has 0 aliphatic carbocycles. The molecule has 0 radical (unpaired) electrons. The van der Waals surface area contributed by atoms with E-state index in [-0.39, 0.29) is 6.61 Å². The van der Waals surface area contributed by atoms with Gasteiger partial charge in [0.1, 0.15) is 12.2 Å². The van der Waals surface area contributed by atoms with Gasteiger partial charge in [0.15, 0.2) is 6.04 Å². The van der Waals surface area contributed by atoms with Gasteiger partial charge in [-0.05, 0) is 44.0 Å². The van der Waals surface area contributed by atoms with E-state index in [4.69, 9.17) is 14.2 Å². The number of methoxy groups -OCH3 is 1. The zero-order chi connectivity index (χ0) is 22.1. The molecule has 0 spiro atoms. The van der Waals surface area contributed by atoms with E-state index in [0.717, 1.165) is 5.56 Å². The smallest absolute Gasteiger partial charge is 0.411 e. The summed E-state index contributed by atoms with van der Waals surface area (Å²) in [7, 11) is 1.23. The summed E-state index contributed by atoms with van der Waals surface area (Å²) in [5.41, 5.74) is 1.10. The van der Waals surface area contributed by atoms with Crippen molar-refractivity contribution < 1.29 is 28.6 Å². The number of nitrogens with one attached hydrogen (secondary N) is 2. The normalized spacial score (nSPS) is 11.7. The van der Waals surface area contributed by atoms with Crippen LogP contribution in [0.3, 0.4) is 0 Å². The lowest BCUT2D eigenvalue weighted by atomic mass is 10.1. The second-order valence-electron chi connectivity index (χ2n) is 7.41. The Kier molecular flexibility index (Phi) is 7.80. The number of amides is 2. The third kappa shape index (κ3) is 7.46. The number of carbonyl (C=O) groups excluding carboxylic acids is 3. The number of hydrogen-bond donors (Lipinski definition) is 2. The molecule has 0 fully saturated rings. The van der Waals surface area contributed by atoms with Gasteiger partial charge in [-0.1, -0.05) is 42.5 Å². The summed E-state index contributed by atoms with van der Waals surface area (Å²) in [6.07, 6.45) is -1.35. The van der Waals surface area contributed by atoms with Crippen molar-refractivity contribution in [1.29, 1.82) is 0 Å². The first-order valence-electron chi connectivity index (χ1n) is 9.33. The Labute approximate surface area is 175 Å². The molecule has 8 heteroatoms. The van der Waals surface area contributed by atoms with E-state index in [9.17, 15) is 14.4 Å². The molecule has 30 heavy (non-hydrogen) atoms. The highest BCUT2D eigenvalue weighted by Gasteiger charge is 2.26. The molecular formula is C22H26N2O6. The summed E-state index contributed by atoms with van der Waals surface area (Å²) in [5.74, 6) is -0.649. The Morgan fingerprint density at radius 3 is 2.13 bits per heavy atom. The number of esters is 1. The molecule has 2 amide bonds. The van der Waals surface area contributed by atoms with Crippen LogP contribution in [0.15, 0.2) is 54.6 Å². The van der Waals surface area contributed by atoms with Gasteiger partial charge in [0.25, 0.3) is 0 Å². The summed E-state index contributed by atoms with van der Waals surface area (Å²) < 4.78 is 15.1. The predicted molar refractivity (Wildman–Crippen MR) is 111 cm³/mol. The molecule has 1 atom stereocenters. The number of carbonyl (C=O) groups is 3. The average molecular weight is 414 g/mol. The number of hydrogen-bond acceptors (Lipinski definition) is 6. The Bertz CT molecular complexity index is 859. The van der Waals surface area contributed by atoms with Gasteiger partial charge in [0.05, 0.1) is 7.11 Å². The van der Waals surface area contributed by atoms with Crippen LogP contribution in [0.25, 0.3) is 0 Å². The van der Waals surface area contributed by atoms with Crippen molar-refractivity contribution in [1.82, 2.24) is 5.32 Å². The minimum Gasteiger partial charge on any atom is -0.467 e. The Balaban J connectivity index is 1.99. The second kappa shape index (κ2) is 10.3. The summed E-state index contributed by atoms with van der Waals surface area (Å²) in [4.78, 5) is 36.1. The largest absolute Gasteiger partial charge is 0.467 e. The van der Waals surface area contributed by atoms with Crippen LogP contribution in [-0.4, -0.2) is 30.9 Å². The van der Waals surface area contributed by atoms with Gasteiger partial charge in [-0.15, -0.1) is 0 Å². The first kappa shape index (κ1) is 22.7.